The Bertz CT molecular complexity index is 633. The second kappa shape index (κ2) is 4.91. The molecule has 0 aliphatic rings. The fourth-order valence-electron chi connectivity index (χ4n) is 1.75. The van der Waals surface area contributed by atoms with Crippen LogP contribution in [0.5, 0.6) is 0 Å². The summed E-state index contributed by atoms with van der Waals surface area (Å²) in [6.45, 7) is 0.0881. The van der Waals surface area contributed by atoms with Crippen molar-refractivity contribution in [3.05, 3.63) is 40.7 Å². The minimum atomic E-state index is -0.355. The molecule has 0 atom stereocenters. The van der Waals surface area contributed by atoms with Crippen LogP contribution in [-0.2, 0) is 9.53 Å². The van der Waals surface area contributed by atoms with Crippen LogP contribution in [0.15, 0.2) is 35.1 Å². The Labute approximate surface area is 104 Å². The molecule has 1 aromatic carbocycles. The van der Waals surface area contributed by atoms with Crippen LogP contribution in [0.1, 0.15) is 0 Å². The fourth-order valence-corrected chi connectivity index (χ4v) is 1.75. The van der Waals surface area contributed by atoms with E-state index in [0.29, 0.717) is 11.2 Å². The van der Waals surface area contributed by atoms with Gasteiger partial charge in [-0.25, -0.2) is 0 Å². The van der Waals surface area contributed by atoms with Gasteiger partial charge in [0.2, 0.25) is 0 Å². The van der Waals surface area contributed by atoms with Gasteiger partial charge < -0.3 is 14.6 Å². The van der Waals surface area contributed by atoms with Crippen LogP contribution in [0.3, 0.4) is 0 Å². The van der Waals surface area contributed by atoms with Crippen LogP contribution in [-0.4, -0.2) is 31.7 Å². The Kier molecular flexibility index (Phi) is 3.32. The van der Waals surface area contributed by atoms with Crippen LogP contribution in [0.25, 0.3) is 10.8 Å². The predicted molar refractivity (Wildman–Crippen MR) is 69.9 cm³/mol. The molecule has 1 aromatic heterocycles. The molecular weight excluding hydrogens is 232 g/mol. The summed E-state index contributed by atoms with van der Waals surface area (Å²) in [5, 5.41) is 1.47. The summed E-state index contributed by atoms with van der Waals surface area (Å²) >= 11 is 0. The number of carbonyl (C=O) groups is 1. The third kappa shape index (κ3) is 2.34. The molecule has 0 amide bonds. The smallest absolute Gasteiger partial charge is 0.325 e. The predicted octanol–water partition coefficient (Wildman–Crippen LogP) is 1.14. The Balaban J connectivity index is 2.40. The SMILES string of the molecule is COC(=O)CN(C)c1cc2ccccc2c(=O)[nH]1. The first-order valence-corrected chi connectivity index (χ1v) is 5.52. The van der Waals surface area contributed by atoms with Gasteiger partial charge in [-0.3, -0.25) is 9.59 Å². The minimum absolute atomic E-state index is 0.0881. The lowest BCUT2D eigenvalue weighted by molar-refractivity contribution is -0.138. The van der Waals surface area contributed by atoms with E-state index in [-0.39, 0.29) is 18.1 Å². The van der Waals surface area contributed by atoms with Crippen molar-refractivity contribution in [1.29, 1.82) is 0 Å². The molecule has 1 heterocycles. The molecule has 0 bridgehead atoms. The molecule has 0 aliphatic carbocycles. The molecule has 0 unspecified atom stereocenters. The van der Waals surface area contributed by atoms with Gasteiger partial charge in [-0.05, 0) is 17.5 Å². The van der Waals surface area contributed by atoms with Crippen molar-refractivity contribution in [2.75, 3.05) is 25.6 Å². The number of fused-ring (bicyclic) bond motifs is 1. The second-order valence-corrected chi connectivity index (χ2v) is 4.00. The average Bonchev–Trinajstić information content (AvgIpc) is 2.38. The Morgan fingerprint density at radius 1 is 1.39 bits per heavy atom. The van der Waals surface area contributed by atoms with E-state index < -0.39 is 0 Å². The highest BCUT2D eigenvalue weighted by atomic mass is 16.5. The van der Waals surface area contributed by atoms with E-state index in [1.807, 2.05) is 24.3 Å². The monoisotopic (exact) mass is 246 g/mol. The Hall–Kier alpha value is -2.30. The first-order chi connectivity index (χ1) is 8.61. The van der Waals surface area contributed by atoms with Gasteiger partial charge in [-0.1, -0.05) is 18.2 Å². The molecule has 2 rings (SSSR count). The van der Waals surface area contributed by atoms with E-state index in [0.717, 1.165) is 5.39 Å². The van der Waals surface area contributed by atoms with Crippen molar-refractivity contribution in [1.82, 2.24) is 4.98 Å². The van der Waals surface area contributed by atoms with Gasteiger partial charge in [0.25, 0.3) is 5.56 Å². The van der Waals surface area contributed by atoms with Gasteiger partial charge in [-0.2, -0.15) is 0 Å². The molecule has 2 aromatic rings. The number of H-pyrrole nitrogens is 1. The lowest BCUT2D eigenvalue weighted by Gasteiger charge is -2.17. The van der Waals surface area contributed by atoms with Crippen molar-refractivity contribution in [2.24, 2.45) is 0 Å². The summed E-state index contributed by atoms with van der Waals surface area (Å²) in [4.78, 5) is 27.4. The number of aromatic nitrogens is 1. The number of nitrogens with zero attached hydrogens (tertiary/aromatic N) is 1. The van der Waals surface area contributed by atoms with Crippen LogP contribution >= 0.6 is 0 Å². The minimum Gasteiger partial charge on any atom is -0.468 e. The zero-order chi connectivity index (χ0) is 13.1. The van der Waals surface area contributed by atoms with E-state index >= 15 is 0 Å². The molecule has 94 valence electrons. The van der Waals surface area contributed by atoms with E-state index in [9.17, 15) is 9.59 Å². The number of likely N-dealkylation sites (N-methyl/N-ethyl adjacent to an activating group) is 1. The number of ether oxygens (including phenoxy) is 1. The van der Waals surface area contributed by atoms with Crippen molar-refractivity contribution in [3.63, 3.8) is 0 Å². The summed E-state index contributed by atoms with van der Waals surface area (Å²) in [6, 6.07) is 9.14. The molecule has 18 heavy (non-hydrogen) atoms. The van der Waals surface area contributed by atoms with Gasteiger partial charge >= 0.3 is 5.97 Å². The number of aromatic amines is 1. The van der Waals surface area contributed by atoms with Gasteiger partial charge in [0.05, 0.1) is 7.11 Å². The highest BCUT2D eigenvalue weighted by molar-refractivity contribution is 5.84. The molecule has 0 aliphatic heterocycles. The number of anilines is 1. The lowest BCUT2D eigenvalue weighted by atomic mass is 10.2. The summed E-state index contributed by atoms with van der Waals surface area (Å²) in [7, 11) is 3.05. The molecule has 0 spiro atoms. The van der Waals surface area contributed by atoms with Crippen molar-refractivity contribution < 1.29 is 9.53 Å². The third-order valence-electron chi connectivity index (χ3n) is 2.74. The molecular formula is C13H14N2O3. The molecule has 0 radical (unpaired) electrons. The maximum absolute atomic E-state index is 11.9. The van der Waals surface area contributed by atoms with Gasteiger partial charge in [0, 0.05) is 12.4 Å². The zero-order valence-electron chi connectivity index (χ0n) is 10.3. The lowest BCUT2D eigenvalue weighted by Crippen LogP contribution is -2.28. The third-order valence-corrected chi connectivity index (χ3v) is 2.74. The topological polar surface area (TPSA) is 62.4 Å². The van der Waals surface area contributed by atoms with Crippen LogP contribution in [0.2, 0.25) is 0 Å². The number of hydrogen-bond acceptors (Lipinski definition) is 4. The van der Waals surface area contributed by atoms with Gasteiger partial charge in [0.1, 0.15) is 12.4 Å². The molecule has 5 heteroatoms. The van der Waals surface area contributed by atoms with Crippen molar-refractivity contribution in [3.8, 4) is 0 Å². The average molecular weight is 246 g/mol. The van der Waals surface area contributed by atoms with Gasteiger partial charge in [-0.15, -0.1) is 0 Å². The number of methoxy groups -OCH3 is 1. The summed E-state index contributed by atoms with van der Waals surface area (Å²) < 4.78 is 4.59. The maximum atomic E-state index is 11.9. The van der Waals surface area contributed by atoms with E-state index in [4.69, 9.17) is 0 Å². The highest BCUT2D eigenvalue weighted by Gasteiger charge is 2.09. The number of carbonyl (C=O) groups excluding carboxylic acids is 1. The van der Waals surface area contributed by atoms with E-state index in [1.165, 1.54) is 7.11 Å². The normalized spacial score (nSPS) is 10.3. The van der Waals surface area contributed by atoms with Gasteiger partial charge in [0.15, 0.2) is 0 Å². The number of pyridine rings is 1. The summed E-state index contributed by atoms with van der Waals surface area (Å²) in [5.74, 6) is 0.232. The quantitative estimate of drug-likeness (QED) is 0.825. The standard InChI is InChI=1S/C13H14N2O3/c1-15(8-12(16)18-2)11-7-9-5-3-4-6-10(9)13(17)14-11/h3-7H,8H2,1-2H3,(H,14,17). The van der Waals surface area contributed by atoms with Crippen LogP contribution in [0, 0.1) is 0 Å². The number of nitrogens with one attached hydrogen (secondary N) is 1. The number of benzene rings is 1. The maximum Gasteiger partial charge on any atom is 0.325 e. The molecule has 1 N–H and O–H groups in total. The van der Waals surface area contributed by atoms with Crippen LogP contribution in [0.4, 0.5) is 5.82 Å². The second-order valence-electron chi connectivity index (χ2n) is 4.00. The van der Waals surface area contributed by atoms with Crippen molar-refractivity contribution >= 4 is 22.6 Å². The van der Waals surface area contributed by atoms with Crippen molar-refractivity contribution in [2.45, 2.75) is 0 Å². The fraction of sp³-hybridized carbons (Fsp3) is 0.231. The molecule has 0 saturated heterocycles. The van der Waals surface area contributed by atoms with E-state index in [2.05, 4.69) is 9.72 Å². The van der Waals surface area contributed by atoms with E-state index in [1.54, 1.807) is 18.0 Å². The number of esters is 1. The van der Waals surface area contributed by atoms with Crippen LogP contribution < -0.4 is 10.5 Å². The molecule has 5 nitrogen and oxygen atoms in total. The highest BCUT2D eigenvalue weighted by Crippen LogP contribution is 2.15. The molecule has 0 saturated carbocycles. The number of rotatable bonds is 3. The summed E-state index contributed by atoms with van der Waals surface area (Å²) in [5.41, 5.74) is -0.167. The first kappa shape index (κ1) is 12.2. The zero-order valence-corrected chi connectivity index (χ0v) is 10.3. The summed E-state index contributed by atoms with van der Waals surface area (Å²) in [6.07, 6.45) is 0. The first-order valence-electron chi connectivity index (χ1n) is 5.52. The Morgan fingerprint density at radius 3 is 2.83 bits per heavy atom. The number of hydrogen-bond donors (Lipinski definition) is 1. The Morgan fingerprint density at radius 2 is 2.11 bits per heavy atom. The molecule has 0 fully saturated rings. The largest absolute Gasteiger partial charge is 0.468 e.